The zero-order valence-corrected chi connectivity index (χ0v) is 14.9. The molecule has 1 aromatic carbocycles. The number of carbonyl (C=O) groups excluding carboxylic acids is 3. The summed E-state index contributed by atoms with van der Waals surface area (Å²) in [5.74, 6) is 0.0501. The first-order valence-electron chi connectivity index (χ1n) is 8.36. The molecule has 7 heteroatoms. The lowest BCUT2D eigenvalue weighted by Crippen LogP contribution is -2.43. The van der Waals surface area contributed by atoms with Gasteiger partial charge in [0.2, 0.25) is 5.91 Å². The van der Waals surface area contributed by atoms with Gasteiger partial charge in [-0.2, -0.15) is 0 Å². The molecule has 1 aliphatic rings. The minimum Gasteiger partial charge on any atom is -0.463 e. The van der Waals surface area contributed by atoms with Crippen molar-refractivity contribution in [3.05, 3.63) is 59.5 Å². The number of imide groups is 1. The van der Waals surface area contributed by atoms with Crippen molar-refractivity contribution in [2.45, 2.75) is 32.4 Å². The molecular formula is C19H21N3O4. The van der Waals surface area contributed by atoms with Crippen molar-refractivity contribution in [3.63, 3.8) is 0 Å². The Kier molecular flexibility index (Phi) is 4.54. The Labute approximate surface area is 151 Å². The largest absolute Gasteiger partial charge is 0.463 e. The zero-order chi connectivity index (χ0) is 18.9. The van der Waals surface area contributed by atoms with Crippen molar-refractivity contribution in [2.75, 3.05) is 6.54 Å². The summed E-state index contributed by atoms with van der Waals surface area (Å²) in [5.41, 5.74) is -0.370. The highest BCUT2D eigenvalue weighted by Gasteiger charge is 2.51. The zero-order valence-electron chi connectivity index (χ0n) is 14.9. The maximum Gasteiger partial charge on any atom is 0.325 e. The number of nitrogens with zero attached hydrogens (tertiary/aromatic N) is 1. The summed E-state index contributed by atoms with van der Waals surface area (Å²) in [6.07, 6.45) is 0. The molecular weight excluding hydrogens is 334 g/mol. The van der Waals surface area contributed by atoms with E-state index in [1.807, 2.05) is 37.3 Å². The molecule has 2 N–H and O–H groups in total. The number of rotatable bonds is 5. The molecule has 26 heavy (non-hydrogen) atoms. The van der Waals surface area contributed by atoms with Crippen molar-refractivity contribution in [1.82, 2.24) is 15.5 Å². The third-order valence-electron chi connectivity index (χ3n) is 4.49. The van der Waals surface area contributed by atoms with E-state index in [2.05, 4.69) is 10.6 Å². The van der Waals surface area contributed by atoms with Gasteiger partial charge in [0.05, 0.1) is 6.04 Å². The first-order valence-corrected chi connectivity index (χ1v) is 8.36. The van der Waals surface area contributed by atoms with E-state index in [1.54, 1.807) is 26.0 Å². The molecule has 1 aliphatic heterocycles. The first-order chi connectivity index (χ1) is 12.3. The molecule has 2 aromatic rings. The van der Waals surface area contributed by atoms with Crippen LogP contribution in [0.1, 0.15) is 37.0 Å². The SMILES string of the molecule is Cc1ccc(C2(C)NC(=O)N(CC(=O)NC(C)c3ccccc3)C2=O)o1. The van der Waals surface area contributed by atoms with E-state index in [1.165, 1.54) is 0 Å². The summed E-state index contributed by atoms with van der Waals surface area (Å²) >= 11 is 0. The van der Waals surface area contributed by atoms with Gasteiger partial charge in [0.1, 0.15) is 18.1 Å². The van der Waals surface area contributed by atoms with Gasteiger partial charge in [-0.15, -0.1) is 0 Å². The van der Waals surface area contributed by atoms with Gasteiger partial charge in [0.15, 0.2) is 5.54 Å². The number of benzene rings is 1. The van der Waals surface area contributed by atoms with E-state index in [4.69, 9.17) is 4.42 Å². The molecule has 2 atom stereocenters. The Bertz CT molecular complexity index is 845. The second-order valence-corrected chi connectivity index (χ2v) is 6.56. The molecule has 0 radical (unpaired) electrons. The van der Waals surface area contributed by atoms with Crippen LogP contribution >= 0.6 is 0 Å². The van der Waals surface area contributed by atoms with Crippen LogP contribution in [0.25, 0.3) is 0 Å². The normalized spacial score (nSPS) is 20.8. The maximum atomic E-state index is 12.7. The summed E-state index contributed by atoms with van der Waals surface area (Å²) in [4.78, 5) is 38.2. The van der Waals surface area contributed by atoms with Gasteiger partial charge in [-0.05, 0) is 38.5 Å². The monoisotopic (exact) mass is 355 g/mol. The van der Waals surface area contributed by atoms with Crippen LogP contribution in [-0.4, -0.2) is 29.3 Å². The third kappa shape index (κ3) is 3.20. The number of furan rings is 1. The van der Waals surface area contributed by atoms with Crippen molar-refractivity contribution < 1.29 is 18.8 Å². The van der Waals surface area contributed by atoms with Crippen LogP contribution in [0.2, 0.25) is 0 Å². The summed E-state index contributed by atoms with van der Waals surface area (Å²) < 4.78 is 5.50. The highest BCUT2D eigenvalue weighted by Crippen LogP contribution is 2.30. The van der Waals surface area contributed by atoms with E-state index >= 15 is 0 Å². The smallest absolute Gasteiger partial charge is 0.325 e. The van der Waals surface area contributed by atoms with Gasteiger partial charge in [-0.1, -0.05) is 30.3 Å². The fraction of sp³-hybridized carbons (Fsp3) is 0.316. The van der Waals surface area contributed by atoms with Crippen molar-refractivity contribution in [1.29, 1.82) is 0 Å². The number of urea groups is 1. The Morgan fingerprint density at radius 1 is 1.23 bits per heavy atom. The van der Waals surface area contributed by atoms with E-state index in [-0.39, 0.29) is 12.6 Å². The summed E-state index contributed by atoms with van der Waals surface area (Å²) in [7, 11) is 0. The molecule has 4 amide bonds. The van der Waals surface area contributed by atoms with Crippen LogP contribution in [0.3, 0.4) is 0 Å². The van der Waals surface area contributed by atoms with Crippen LogP contribution in [0, 0.1) is 6.92 Å². The average molecular weight is 355 g/mol. The quantitative estimate of drug-likeness (QED) is 0.805. The predicted octanol–water partition coefficient (Wildman–Crippen LogP) is 2.23. The Hall–Kier alpha value is -3.09. The minimum atomic E-state index is -1.31. The maximum absolute atomic E-state index is 12.7. The van der Waals surface area contributed by atoms with Crippen LogP contribution in [-0.2, 0) is 15.1 Å². The van der Waals surface area contributed by atoms with Crippen molar-refractivity contribution >= 4 is 17.8 Å². The van der Waals surface area contributed by atoms with Crippen LogP contribution in [0.4, 0.5) is 4.79 Å². The molecule has 1 aromatic heterocycles. The number of hydrogen-bond acceptors (Lipinski definition) is 4. The second-order valence-electron chi connectivity index (χ2n) is 6.56. The Balaban J connectivity index is 1.69. The molecule has 7 nitrogen and oxygen atoms in total. The van der Waals surface area contributed by atoms with Gasteiger partial charge < -0.3 is 15.1 Å². The number of hydrogen-bond donors (Lipinski definition) is 2. The molecule has 0 aliphatic carbocycles. The van der Waals surface area contributed by atoms with Crippen LogP contribution < -0.4 is 10.6 Å². The number of carbonyl (C=O) groups is 3. The molecule has 0 saturated carbocycles. The Morgan fingerprint density at radius 2 is 1.92 bits per heavy atom. The standard InChI is InChI=1S/C19H21N3O4/c1-12-9-10-15(26-12)19(3)17(24)22(18(25)21-19)11-16(23)20-13(2)14-7-5-4-6-8-14/h4-10,13H,11H2,1-3H3,(H,20,23)(H,21,25). The molecule has 3 rings (SSSR count). The van der Waals surface area contributed by atoms with Crippen molar-refractivity contribution in [2.24, 2.45) is 0 Å². The molecule has 136 valence electrons. The van der Waals surface area contributed by atoms with E-state index in [9.17, 15) is 14.4 Å². The van der Waals surface area contributed by atoms with Crippen LogP contribution in [0.5, 0.6) is 0 Å². The number of amides is 4. The van der Waals surface area contributed by atoms with Gasteiger partial charge >= 0.3 is 6.03 Å². The molecule has 2 unspecified atom stereocenters. The molecule has 1 fully saturated rings. The topological polar surface area (TPSA) is 91.7 Å². The first kappa shape index (κ1) is 17.7. The highest BCUT2D eigenvalue weighted by molar-refractivity contribution is 6.08. The van der Waals surface area contributed by atoms with E-state index in [0.29, 0.717) is 11.5 Å². The third-order valence-corrected chi connectivity index (χ3v) is 4.49. The lowest BCUT2D eigenvalue weighted by molar-refractivity contribution is -0.135. The van der Waals surface area contributed by atoms with E-state index < -0.39 is 23.4 Å². The number of aryl methyl sites for hydroxylation is 1. The highest BCUT2D eigenvalue weighted by atomic mass is 16.3. The molecule has 1 saturated heterocycles. The molecule has 2 heterocycles. The summed E-state index contributed by atoms with van der Waals surface area (Å²) in [6, 6.07) is 12.0. The second kappa shape index (κ2) is 6.67. The summed E-state index contributed by atoms with van der Waals surface area (Å²) in [6.45, 7) is 4.81. The fourth-order valence-corrected chi connectivity index (χ4v) is 2.97. The Morgan fingerprint density at radius 3 is 2.54 bits per heavy atom. The fourth-order valence-electron chi connectivity index (χ4n) is 2.97. The lowest BCUT2D eigenvalue weighted by atomic mass is 9.99. The minimum absolute atomic E-state index is 0.233. The number of nitrogens with one attached hydrogen (secondary N) is 2. The van der Waals surface area contributed by atoms with Crippen LogP contribution in [0.15, 0.2) is 46.9 Å². The lowest BCUT2D eigenvalue weighted by Gasteiger charge is -2.20. The summed E-state index contributed by atoms with van der Waals surface area (Å²) in [5, 5.41) is 5.41. The molecule has 0 bridgehead atoms. The predicted molar refractivity (Wildman–Crippen MR) is 94.0 cm³/mol. The van der Waals surface area contributed by atoms with Gasteiger partial charge in [0.25, 0.3) is 5.91 Å². The van der Waals surface area contributed by atoms with Crippen molar-refractivity contribution in [3.8, 4) is 0 Å². The van der Waals surface area contributed by atoms with Gasteiger partial charge in [-0.3, -0.25) is 14.5 Å². The van der Waals surface area contributed by atoms with Gasteiger partial charge in [-0.25, -0.2) is 4.79 Å². The van der Waals surface area contributed by atoms with E-state index in [0.717, 1.165) is 10.5 Å². The average Bonchev–Trinajstić information content (AvgIpc) is 3.14. The van der Waals surface area contributed by atoms with Gasteiger partial charge in [0, 0.05) is 0 Å². The molecule has 0 spiro atoms.